The van der Waals surface area contributed by atoms with Gasteiger partial charge in [0, 0.05) is 19.7 Å². The molecule has 1 N–H and O–H groups in total. The zero-order chi connectivity index (χ0) is 12.0. The Labute approximate surface area is 99.8 Å². The van der Waals surface area contributed by atoms with Gasteiger partial charge in [-0.1, -0.05) is 20.3 Å². The molecule has 0 heterocycles. The molecule has 0 amide bonds. The third-order valence-corrected chi connectivity index (χ3v) is 3.30. The molecular formula is C13H27NO2. The summed E-state index contributed by atoms with van der Waals surface area (Å²) in [6.45, 7) is 7.54. The van der Waals surface area contributed by atoms with Crippen molar-refractivity contribution in [3.05, 3.63) is 0 Å². The van der Waals surface area contributed by atoms with E-state index >= 15 is 0 Å². The number of hydrogen-bond donors (Lipinski definition) is 1. The Balaban J connectivity index is 1.97. The fourth-order valence-corrected chi connectivity index (χ4v) is 2.01. The lowest BCUT2D eigenvalue weighted by molar-refractivity contribution is 0.0192. The van der Waals surface area contributed by atoms with E-state index in [1.54, 1.807) is 0 Å². The summed E-state index contributed by atoms with van der Waals surface area (Å²) in [5, 5.41) is 9.75. The first-order chi connectivity index (χ1) is 7.63. The molecule has 3 unspecified atom stereocenters. The van der Waals surface area contributed by atoms with Crippen molar-refractivity contribution in [2.75, 3.05) is 33.4 Å². The standard InChI is InChI=1S/C13H27NO2/c1-4-5-6-16-10-13(15)9-14(3)8-12-7-11(12)2/h11-13,15H,4-10H2,1-3H3. The second kappa shape index (κ2) is 7.25. The molecule has 1 aliphatic rings. The monoisotopic (exact) mass is 229 g/mol. The average Bonchev–Trinajstić information content (AvgIpc) is 2.88. The minimum Gasteiger partial charge on any atom is -0.389 e. The van der Waals surface area contributed by atoms with Crippen molar-refractivity contribution in [2.45, 2.75) is 39.2 Å². The van der Waals surface area contributed by atoms with E-state index < -0.39 is 0 Å². The number of aliphatic hydroxyl groups is 1. The number of likely N-dealkylation sites (N-methyl/N-ethyl adjacent to an activating group) is 1. The maximum atomic E-state index is 9.75. The van der Waals surface area contributed by atoms with Crippen molar-refractivity contribution in [3.8, 4) is 0 Å². The SMILES string of the molecule is CCCCOCC(O)CN(C)CC1CC1C. The zero-order valence-corrected chi connectivity index (χ0v) is 11.0. The average molecular weight is 229 g/mol. The van der Waals surface area contributed by atoms with E-state index in [-0.39, 0.29) is 6.10 Å². The molecule has 0 aromatic heterocycles. The van der Waals surface area contributed by atoms with Gasteiger partial charge >= 0.3 is 0 Å². The topological polar surface area (TPSA) is 32.7 Å². The second-order valence-corrected chi connectivity index (χ2v) is 5.28. The summed E-state index contributed by atoms with van der Waals surface area (Å²) in [5.74, 6) is 1.75. The van der Waals surface area contributed by atoms with E-state index in [9.17, 15) is 5.11 Å². The Morgan fingerprint density at radius 1 is 1.50 bits per heavy atom. The van der Waals surface area contributed by atoms with Gasteiger partial charge in [0.2, 0.25) is 0 Å². The van der Waals surface area contributed by atoms with E-state index in [2.05, 4.69) is 25.8 Å². The molecule has 1 rings (SSSR count). The molecule has 0 radical (unpaired) electrons. The lowest BCUT2D eigenvalue weighted by atomic mass is 10.3. The highest BCUT2D eigenvalue weighted by molar-refractivity contribution is 4.84. The maximum absolute atomic E-state index is 9.75. The van der Waals surface area contributed by atoms with Crippen LogP contribution >= 0.6 is 0 Å². The van der Waals surface area contributed by atoms with E-state index in [1.807, 2.05) is 0 Å². The molecule has 0 spiro atoms. The van der Waals surface area contributed by atoms with Crippen LogP contribution in [0.3, 0.4) is 0 Å². The molecule has 1 aliphatic carbocycles. The smallest absolute Gasteiger partial charge is 0.0900 e. The first kappa shape index (κ1) is 13.9. The van der Waals surface area contributed by atoms with Crippen LogP contribution in [-0.2, 0) is 4.74 Å². The number of nitrogens with zero attached hydrogens (tertiary/aromatic N) is 1. The summed E-state index contributed by atoms with van der Waals surface area (Å²) in [5.41, 5.74) is 0. The molecular weight excluding hydrogens is 202 g/mol. The van der Waals surface area contributed by atoms with E-state index in [0.717, 1.165) is 44.4 Å². The summed E-state index contributed by atoms with van der Waals surface area (Å²) < 4.78 is 5.40. The van der Waals surface area contributed by atoms with Crippen LogP contribution in [0.15, 0.2) is 0 Å². The lowest BCUT2D eigenvalue weighted by Crippen LogP contribution is -2.33. The summed E-state index contributed by atoms with van der Waals surface area (Å²) in [7, 11) is 2.08. The first-order valence-corrected chi connectivity index (χ1v) is 6.57. The normalized spacial score (nSPS) is 26.1. The molecule has 0 aliphatic heterocycles. The highest BCUT2D eigenvalue weighted by Crippen LogP contribution is 2.37. The van der Waals surface area contributed by atoms with Gasteiger partial charge in [-0.15, -0.1) is 0 Å². The minimum atomic E-state index is -0.337. The van der Waals surface area contributed by atoms with Crippen LogP contribution in [-0.4, -0.2) is 49.5 Å². The lowest BCUT2D eigenvalue weighted by Gasteiger charge is -2.20. The molecule has 3 nitrogen and oxygen atoms in total. The van der Waals surface area contributed by atoms with Gasteiger partial charge in [-0.3, -0.25) is 0 Å². The fraction of sp³-hybridized carbons (Fsp3) is 1.00. The molecule has 96 valence electrons. The largest absolute Gasteiger partial charge is 0.389 e. The maximum Gasteiger partial charge on any atom is 0.0900 e. The van der Waals surface area contributed by atoms with Crippen molar-refractivity contribution in [3.63, 3.8) is 0 Å². The van der Waals surface area contributed by atoms with Gasteiger partial charge < -0.3 is 14.7 Å². The predicted octanol–water partition coefficient (Wildman–Crippen LogP) is 1.75. The molecule has 0 saturated heterocycles. The van der Waals surface area contributed by atoms with Crippen molar-refractivity contribution < 1.29 is 9.84 Å². The van der Waals surface area contributed by atoms with Gasteiger partial charge in [-0.2, -0.15) is 0 Å². The predicted molar refractivity (Wildman–Crippen MR) is 66.5 cm³/mol. The van der Waals surface area contributed by atoms with Crippen LogP contribution in [0.1, 0.15) is 33.1 Å². The number of hydrogen-bond acceptors (Lipinski definition) is 3. The Kier molecular flexibility index (Phi) is 6.32. The third-order valence-electron chi connectivity index (χ3n) is 3.30. The van der Waals surface area contributed by atoms with Crippen LogP contribution in [0.2, 0.25) is 0 Å². The van der Waals surface area contributed by atoms with Gasteiger partial charge in [0.25, 0.3) is 0 Å². The molecule has 3 heteroatoms. The highest BCUT2D eigenvalue weighted by Gasteiger charge is 2.33. The van der Waals surface area contributed by atoms with Crippen LogP contribution in [0.25, 0.3) is 0 Å². The van der Waals surface area contributed by atoms with Crippen molar-refractivity contribution in [1.82, 2.24) is 4.90 Å². The molecule has 0 aromatic carbocycles. The Hall–Kier alpha value is -0.120. The summed E-state index contributed by atoms with van der Waals surface area (Å²) in [6, 6.07) is 0. The summed E-state index contributed by atoms with van der Waals surface area (Å²) in [6.07, 6.45) is 3.25. The Morgan fingerprint density at radius 2 is 2.19 bits per heavy atom. The van der Waals surface area contributed by atoms with E-state index in [0.29, 0.717) is 6.61 Å². The van der Waals surface area contributed by atoms with Crippen molar-refractivity contribution in [1.29, 1.82) is 0 Å². The number of ether oxygens (including phenoxy) is 1. The molecule has 3 atom stereocenters. The number of rotatable bonds is 9. The Morgan fingerprint density at radius 3 is 2.75 bits per heavy atom. The Bertz CT molecular complexity index is 187. The van der Waals surface area contributed by atoms with E-state index in [4.69, 9.17) is 4.74 Å². The van der Waals surface area contributed by atoms with Gasteiger partial charge in [0.15, 0.2) is 0 Å². The molecule has 1 saturated carbocycles. The van der Waals surface area contributed by atoms with Gasteiger partial charge in [0.05, 0.1) is 12.7 Å². The van der Waals surface area contributed by atoms with Crippen LogP contribution in [0.4, 0.5) is 0 Å². The van der Waals surface area contributed by atoms with Gasteiger partial charge in [-0.05, 0) is 31.7 Å². The van der Waals surface area contributed by atoms with Crippen molar-refractivity contribution in [2.24, 2.45) is 11.8 Å². The van der Waals surface area contributed by atoms with Crippen LogP contribution < -0.4 is 0 Å². The summed E-state index contributed by atoms with van der Waals surface area (Å²) in [4.78, 5) is 2.22. The highest BCUT2D eigenvalue weighted by atomic mass is 16.5. The minimum absolute atomic E-state index is 0.337. The quantitative estimate of drug-likeness (QED) is 0.611. The molecule has 1 fully saturated rings. The zero-order valence-electron chi connectivity index (χ0n) is 11.0. The second-order valence-electron chi connectivity index (χ2n) is 5.28. The van der Waals surface area contributed by atoms with Crippen molar-refractivity contribution >= 4 is 0 Å². The summed E-state index contributed by atoms with van der Waals surface area (Å²) >= 11 is 0. The fourth-order valence-electron chi connectivity index (χ4n) is 2.01. The third kappa shape index (κ3) is 5.83. The van der Waals surface area contributed by atoms with Crippen LogP contribution in [0.5, 0.6) is 0 Å². The molecule has 0 aromatic rings. The van der Waals surface area contributed by atoms with Crippen LogP contribution in [0, 0.1) is 11.8 Å². The van der Waals surface area contributed by atoms with Gasteiger partial charge in [-0.25, -0.2) is 0 Å². The van der Waals surface area contributed by atoms with E-state index in [1.165, 1.54) is 6.42 Å². The number of unbranched alkanes of at least 4 members (excludes halogenated alkanes) is 1. The first-order valence-electron chi connectivity index (χ1n) is 6.57. The molecule has 16 heavy (non-hydrogen) atoms. The molecule has 0 bridgehead atoms. The number of aliphatic hydroxyl groups excluding tert-OH is 1. The van der Waals surface area contributed by atoms with Gasteiger partial charge in [0.1, 0.15) is 0 Å².